The lowest BCUT2D eigenvalue weighted by Crippen LogP contribution is -2.25. The third-order valence-corrected chi connectivity index (χ3v) is 5.32. The number of nitrogens with zero attached hydrogens (tertiary/aromatic N) is 2. The van der Waals surface area contributed by atoms with Crippen LogP contribution in [0, 0.1) is 6.92 Å². The number of amides is 1. The minimum Gasteiger partial charge on any atom is -0.495 e. The van der Waals surface area contributed by atoms with Crippen LogP contribution in [0.1, 0.15) is 21.6 Å². The van der Waals surface area contributed by atoms with Crippen LogP contribution in [-0.4, -0.2) is 28.4 Å². The molecule has 0 aliphatic carbocycles. The SMILES string of the molecule is COc1ccccc1NC(=O)Cn1cc(C(=O)c2cccc(Cl)c2)c(=O)c2ccc(C)nc21. The topological polar surface area (TPSA) is 90.3 Å². The third-order valence-electron chi connectivity index (χ3n) is 5.09. The van der Waals surface area contributed by atoms with E-state index in [1.54, 1.807) is 61.5 Å². The Hall–Kier alpha value is -3.97. The molecule has 1 amide bonds. The van der Waals surface area contributed by atoms with E-state index in [0.29, 0.717) is 27.8 Å². The van der Waals surface area contributed by atoms with Crippen LogP contribution >= 0.6 is 11.6 Å². The van der Waals surface area contributed by atoms with Crippen molar-refractivity contribution in [3.63, 3.8) is 0 Å². The number of hydrogen-bond acceptors (Lipinski definition) is 5. The highest BCUT2D eigenvalue weighted by Crippen LogP contribution is 2.23. The number of ether oxygens (including phenoxy) is 1. The zero-order valence-corrected chi connectivity index (χ0v) is 18.7. The summed E-state index contributed by atoms with van der Waals surface area (Å²) in [5, 5.41) is 3.43. The summed E-state index contributed by atoms with van der Waals surface area (Å²) in [7, 11) is 1.51. The molecule has 0 aliphatic rings. The van der Waals surface area contributed by atoms with Crippen LogP contribution in [0.15, 0.2) is 71.7 Å². The van der Waals surface area contributed by atoms with Gasteiger partial charge in [-0.05, 0) is 43.3 Å². The number of benzene rings is 2. The molecule has 0 atom stereocenters. The molecule has 1 N–H and O–H groups in total. The molecular formula is C25H20ClN3O4. The summed E-state index contributed by atoms with van der Waals surface area (Å²) in [6, 6.07) is 16.7. The minimum absolute atomic E-state index is 0.0690. The molecule has 4 rings (SSSR count). The van der Waals surface area contributed by atoms with E-state index in [2.05, 4.69) is 10.3 Å². The third kappa shape index (κ3) is 4.63. The van der Waals surface area contributed by atoms with Crippen LogP contribution in [0.5, 0.6) is 5.75 Å². The van der Waals surface area contributed by atoms with Gasteiger partial charge in [-0.15, -0.1) is 0 Å². The second-order valence-corrected chi connectivity index (χ2v) is 7.85. The second kappa shape index (κ2) is 9.26. The standard InChI is InChI=1S/C25H20ClN3O4/c1-15-10-11-18-24(32)19(23(31)16-6-5-7-17(26)12-16)13-29(25(18)27-15)14-22(30)28-20-8-3-4-9-21(20)33-2/h3-13H,14H2,1-2H3,(H,28,30). The number of aryl methyl sites for hydroxylation is 1. The van der Waals surface area contributed by atoms with Crippen molar-refractivity contribution in [2.24, 2.45) is 0 Å². The van der Waals surface area contributed by atoms with Gasteiger partial charge in [-0.2, -0.15) is 0 Å². The van der Waals surface area contributed by atoms with Crippen molar-refractivity contribution in [2.45, 2.75) is 13.5 Å². The van der Waals surface area contributed by atoms with Gasteiger partial charge < -0.3 is 14.6 Å². The van der Waals surface area contributed by atoms with Gasteiger partial charge in [0.1, 0.15) is 17.9 Å². The Balaban J connectivity index is 1.77. The molecule has 2 aromatic carbocycles. The zero-order chi connectivity index (χ0) is 23.5. The Bertz CT molecular complexity index is 1450. The van der Waals surface area contributed by atoms with E-state index in [-0.39, 0.29) is 29.0 Å². The van der Waals surface area contributed by atoms with Crippen molar-refractivity contribution in [3.8, 4) is 5.75 Å². The first-order chi connectivity index (χ1) is 15.9. The number of carbonyl (C=O) groups excluding carboxylic acids is 2. The van der Waals surface area contributed by atoms with Crippen molar-refractivity contribution >= 4 is 40.0 Å². The van der Waals surface area contributed by atoms with Crippen LogP contribution in [-0.2, 0) is 11.3 Å². The predicted molar refractivity (Wildman–Crippen MR) is 127 cm³/mol. The van der Waals surface area contributed by atoms with Crippen LogP contribution in [0.25, 0.3) is 11.0 Å². The molecule has 0 aliphatic heterocycles. The quantitative estimate of drug-likeness (QED) is 0.434. The molecule has 33 heavy (non-hydrogen) atoms. The number of anilines is 1. The van der Waals surface area contributed by atoms with E-state index in [4.69, 9.17) is 16.3 Å². The molecule has 2 aromatic heterocycles. The molecule has 7 nitrogen and oxygen atoms in total. The number of pyridine rings is 2. The summed E-state index contributed by atoms with van der Waals surface area (Å²) in [5.74, 6) is -0.334. The molecule has 4 aromatic rings. The van der Waals surface area contributed by atoms with E-state index in [1.807, 2.05) is 0 Å². The molecule has 166 valence electrons. The van der Waals surface area contributed by atoms with Crippen molar-refractivity contribution in [1.82, 2.24) is 9.55 Å². The van der Waals surface area contributed by atoms with Gasteiger partial charge >= 0.3 is 0 Å². The van der Waals surface area contributed by atoms with Crippen molar-refractivity contribution in [2.75, 3.05) is 12.4 Å². The summed E-state index contributed by atoms with van der Waals surface area (Å²) in [6.45, 7) is 1.62. The highest BCUT2D eigenvalue weighted by atomic mass is 35.5. The molecule has 0 spiro atoms. The first kappa shape index (κ1) is 22.2. The van der Waals surface area contributed by atoms with Crippen molar-refractivity contribution in [1.29, 1.82) is 0 Å². The monoisotopic (exact) mass is 461 g/mol. The second-order valence-electron chi connectivity index (χ2n) is 7.41. The lowest BCUT2D eigenvalue weighted by molar-refractivity contribution is -0.116. The first-order valence-corrected chi connectivity index (χ1v) is 10.5. The van der Waals surface area contributed by atoms with Crippen molar-refractivity contribution in [3.05, 3.63) is 98.9 Å². The normalized spacial score (nSPS) is 10.8. The maximum absolute atomic E-state index is 13.1. The lowest BCUT2D eigenvalue weighted by Gasteiger charge is -2.14. The Morgan fingerprint density at radius 1 is 1.09 bits per heavy atom. The first-order valence-electron chi connectivity index (χ1n) is 10.1. The Morgan fingerprint density at radius 3 is 2.64 bits per heavy atom. The van der Waals surface area contributed by atoms with E-state index in [0.717, 1.165) is 0 Å². The van der Waals surface area contributed by atoms with Gasteiger partial charge in [0.2, 0.25) is 11.3 Å². The molecule has 0 unspecified atom stereocenters. The molecular weight excluding hydrogens is 442 g/mol. The van der Waals surface area contributed by atoms with Crippen LogP contribution in [0.3, 0.4) is 0 Å². The number of nitrogens with one attached hydrogen (secondary N) is 1. The van der Waals surface area contributed by atoms with Gasteiger partial charge in [-0.3, -0.25) is 14.4 Å². The summed E-state index contributed by atoms with van der Waals surface area (Å²) >= 11 is 6.02. The van der Waals surface area contributed by atoms with Gasteiger partial charge in [0.15, 0.2) is 5.78 Å². The number of methoxy groups -OCH3 is 1. The summed E-state index contributed by atoms with van der Waals surface area (Å²) in [4.78, 5) is 43.6. The molecule has 2 heterocycles. The lowest BCUT2D eigenvalue weighted by atomic mass is 10.0. The van der Waals surface area contributed by atoms with Gasteiger partial charge in [-0.1, -0.05) is 35.9 Å². The number of rotatable bonds is 6. The summed E-state index contributed by atoms with van der Waals surface area (Å²) in [5.41, 5.74) is 1.26. The van der Waals surface area contributed by atoms with E-state index in [1.165, 1.54) is 23.9 Å². The van der Waals surface area contributed by atoms with Gasteiger partial charge in [-0.25, -0.2) is 4.98 Å². The number of aromatic nitrogens is 2. The number of hydrogen-bond donors (Lipinski definition) is 1. The summed E-state index contributed by atoms with van der Waals surface area (Å²) < 4.78 is 6.78. The number of carbonyl (C=O) groups is 2. The maximum Gasteiger partial charge on any atom is 0.244 e. The molecule has 0 saturated heterocycles. The van der Waals surface area contributed by atoms with Gasteiger partial charge in [0.05, 0.1) is 23.7 Å². The maximum atomic E-state index is 13.1. The fourth-order valence-corrected chi connectivity index (χ4v) is 3.71. The average molecular weight is 462 g/mol. The smallest absolute Gasteiger partial charge is 0.244 e. The number of fused-ring (bicyclic) bond motifs is 1. The molecule has 0 bridgehead atoms. The Kier molecular flexibility index (Phi) is 6.24. The molecule has 0 radical (unpaired) electrons. The highest BCUT2D eigenvalue weighted by molar-refractivity contribution is 6.31. The summed E-state index contributed by atoms with van der Waals surface area (Å²) in [6.07, 6.45) is 1.38. The minimum atomic E-state index is -0.483. The molecule has 0 fully saturated rings. The van der Waals surface area contributed by atoms with Crippen LogP contribution in [0.4, 0.5) is 5.69 Å². The number of para-hydroxylation sites is 2. The Labute approximate surface area is 194 Å². The molecule has 0 saturated carbocycles. The fourth-order valence-electron chi connectivity index (χ4n) is 3.52. The van der Waals surface area contributed by atoms with E-state index in [9.17, 15) is 14.4 Å². The van der Waals surface area contributed by atoms with E-state index >= 15 is 0 Å². The van der Waals surface area contributed by atoms with Gasteiger partial charge in [0.25, 0.3) is 0 Å². The highest BCUT2D eigenvalue weighted by Gasteiger charge is 2.19. The zero-order valence-electron chi connectivity index (χ0n) is 18.0. The van der Waals surface area contributed by atoms with Crippen molar-refractivity contribution < 1.29 is 14.3 Å². The van der Waals surface area contributed by atoms with Crippen LogP contribution in [0.2, 0.25) is 5.02 Å². The molecule has 8 heteroatoms. The number of halogens is 1. The average Bonchev–Trinajstić information content (AvgIpc) is 2.80. The van der Waals surface area contributed by atoms with Gasteiger partial charge in [0, 0.05) is 22.5 Å². The predicted octanol–water partition coefficient (Wildman–Crippen LogP) is 4.24. The fraction of sp³-hybridized carbons (Fsp3) is 0.120. The van der Waals surface area contributed by atoms with Crippen LogP contribution < -0.4 is 15.5 Å². The Morgan fingerprint density at radius 2 is 1.88 bits per heavy atom. The number of ketones is 1. The van der Waals surface area contributed by atoms with E-state index < -0.39 is 11.2 Å². The largest absolute Gasteiger partial charge is 0.495 e.